The van der Waals surface area contributed by atoms with E-state index in [0.29, 0.717) is 0 Å². The molecule has 1 aromatic rings. The minimum Gasteiger partial charge on any atom is -0.469 e. The standard InChI is InChI=1S/C19H18BrF2NO3/c1-26-18(25)14-11-4-3-10(19(11)6-7-19)13(14)17(24)23-8-9-2-5-12(20)16(22)15(9)21/h2-5,10-11,13-14H,6-8H2,1H3,(H,23,24)/t10-,11+,13?,14+/m0/s1. The molecule has 4 nitrogen and oxygen atoms in total. The van der Waals surface area contributed by atoms with E-state index in [4.69, 9.17) is 4.74 Å². The molecule has 138 valence electrons. The number of nitrogens with one attached hydrogen (secondary N) is 1. The first-order valence-corrected chi connectivity index (χ1v) is 9.36. The Kier molecular flexibility index (Phi) is 4.17. The first kappa shape index (κ1) is 17.6. The second kappa shape index (κ2) is 6.15. The van der Waals surface area contributed by atoms with Crippen LogP contribution in [-0.2, 0) is 20.9 Å². The number of rotatable bonds is 4. The predicted molar refractivity (Wildman–Crippen MR) is 92.7 cm³/mol. The number of hydrogen-bond donors (Lipinski definition) is 1. The van der Waals surface area contributed by atoms with Crippen LogP contribution in [0.2, 0.25) is 0 Å². The summed E-state index contributed by atoms with van der Waals surface area (Å²) in [6.45, 7) is -0.132. The average Bonchev–Trinajstić information content (AvgIpc) is 3.31. The molecule has 1 amide bonds. The largest absolute Gasteiger partial charge is 0.469 e. The molecule has 1 spiro atoms. The number of carbonyl (C=O) groups is 2. The maximum absolute atomic E-state index is 14.0. The number of hydrogen-bond acceptors (Lipinski definition) is 3. The minimum absolute atomic E-state index is 0.00287. The number of benzene rings is 1. The molecule has 0 aromatic heterocycles. The van der Waals surface area contributed by atoms with Crippen molar-refractivity contribution in [3.8, 4) is 0 Å². The molecule has 0 aliphatic heterocycles. The van der Waals surface area contributed by atoms with Crippen LogP contribution >= 0.6 is 15.9 Å². The third kappa shape index (κ3) is 2.43. The summed E-state index contributed by atoms with van der Waals surface area (Å²) in [7, 11) is 1.33. The molecule has 1 N–H and O–H groups in total. The summed E-state index contributed by atoms with van der Waals surface area (Å²) in [6, 6.07) is 2.82. The Balaban J connectivity index is 1.53. The average molecular weight is 426 g/mol. The molecule has 4 atom stereocenters. The summed E-state index contributed by atoms with van der Waals surface area (Å²) in [6.07, 6.45) is 6.06. The molecule has 3 aliphatic rings. The normalized spacial score (nSPS) is 29.8. The van der Waals surface area contributed by atoms with E-state index in [2.05, 4.69) is 21.2 Å². The number of carbonyl (C=O) groups excluding carboxylic acids is 2. The fourth-order valence-corrected chi connectivity index (χ4v) is 5.12. The monoisotopic (exact) mass is 425 g/mol. The summed E-state index contributed by atoms with van der Waals surface area (Å²) in [4.78, 5) is 25.1. The van der Waals surface area contributed by atoms with E-state index in [1.807, 2.05) is 12.2 Å². The van der Waals surface area contributed by atoms with Crippen molar-refractivity contribution in [1.82, 2.24) is 5.32 Å². The Hall–Kier alpha value is -1.76. The van der Waals surface area contributed by atoms with Crippen LogP contribution in [0.3, 0.4) is 0 Å². The number of amides is 1. The molecule has 4 rings (SSSR count). The van der Waals surface area contributed by atoms with Gasteiger partial charge < -0.3 is 10.1 Å². The lowest BCUT2D eigenvalue weighted by molar-refractivity contribution is -0.151. The molecule has 1 unspecified atom stereocenters. The summed E-state index contributed by atoms with van der Waals surface area (Å²) >= 11 is 2.93. The van der Waals surface area contributed by atoms with Crippen molar-refractivity contribution in [2.75, 3.05) is 7.11 Å². The zero-order valence-corrected chi connectivity index (χ0v) is 15.7. The van der Waals surface area contributed by atoms with Crippen molar-refractivity contribution >= 4 is 27.8 Å². The van der Waals surface area contributed by atoms with Crippen molar-refractivity contribution in [3.05, 3.63) is 46.0 Å². The molecule has 2 bridgehead atoms. The second-order valence-electron chi connectivity index (χ2n) is 7.30. The quantitative estimate of drug-likeness (QED) is 0.457. The number of halogens is 3. The predicted octanol–water partition coefficient (Wildman–Crippen LogP) is 3.34. The first-order valence-electron chi connectivity index (χ1n) is 8.57. The third-order valence-electron chi connectivity index (χ3n) is 6.19. The smallest absolute Gasteiger partial charge is 0.310 e. The van der Waals surface area contributed by atoms with E-state index in [0.717, 1.165) is 12.8 Å². The van der Waals surface area contributed by atoms with Crippen LogP contribution < -0.4 is 5.32 Å². The van der Waals surface area contributed by atoms with E-state index < -0.39 is 23.5 Å². The second-order valence-corrected chi connectivity index (χ2v) is 8.15. The SMILES string of the molecule is COC(=O)[C@H]1C(C(=O)NCc2ccc(Br)c(F)c2F)[C@@H]2C=C[C@H]1C21CC1. The first-order chi connectivity index (χ1) is 12.4. The van der Waals surface area contributed by atoms with Crippen molar-refractivity contribution < 1.29 is 23.1 Å². The van der Waals surface area contributed by atoms with Gasteiger partial charge in [0.2, 0.25) is 5.91 Å². The lowest BCUT2D eigenvalue weighted by atomic mass is 9.82. The fourth-order valence-electron chi connectivity index (χ4n) is 4.82. The molecule has 3 aliphatic carbocycles. The fraction of sp³-hybridized carbons (Fsp3) is 0.474. The van der Waals surface area contributed by atoms with Gasteiger partial charge in [0.1, 0.15) is 0 Å². The molecular weight excluding hydrogens is 408 g/mol. The third-order valence-corrected chi connectivity index (χ3v) is 6.80. The van der Waals surface area contributed by atoms with Crippen molar-refractivity contribution in [2.45, 2.75) is 19.4 Å². The van der Waals surface area contributed by atoms with Crippen LogP contribution in [0.4, 0.5) is 8.78 Å². The molecular formula is C19H18BrF2NO3. The molecule has 0 radical (unpaired) electrons. The summed E-state index contributed by atoms with van der Waals surface area (Å²) < 4.78 is 32.6. The maximum atomic E-state index is 14.0. The van der Waals surface area contributed by atoms with E-state index >= 15 is 0 Å². The Morgan fingerprint density at radius 2 is 1.85 bits per heavy atom. The highest BCUT2D eigenvalue weighted by molar-refractivity contribution is 9.10. The van der Waals surface area contributed by atoms with Gasteiger partial charge in [0.05, 0.1) is 23.4 Å². The summed E-state index contributed by atoms with van der Waals surface area (Å²) in [5.41, 5.74) is 0.0732. The maximum Gasteiger partial charge on any atom is 0.310 e. The highest BCUT2D eigenvalue weighted by Crippen LogP contribution is 2.72. The van der Waals surface area contributed by atoms with Crippen LogP contribution in [0.5, 0.6) is 0 Å². The van der Waals surface area contributed by atoms with Gasteiger partial charge in [-0.05, 0) is 52.1 Å². The van der Waals surface area contributed by atoms with Crippen LogP contribution in [0.15, 0.2) is 28.8 Å². The number of ether oxygens (including phenoxy) is 1. The molecule has 1 aromatic carbocycles. The van der Waals surface area contributed by atoms with Crippen molar-refractivity contribution in [3.63, 3.8) is 0 Å². The van der Waals surface area contributed by atoms with Gasteiger partial charge in [0.25, 0.3) is 0 Å². The van der Waals surface area contributed by atoms with Crippen LogP contribution in [0, 0.1) is 40.7 Å². The van der Waals surface area contributed by atoms with Gasteiger partial charge in [-0.25, -0.2) is 8.78 Å². The summed E-state index contributed by atoms with van der Waals surface area (Å²) in [5, 5.41) is 2.69. The van der Waals surface area contributed by atoms with Gasteiger partial charge in [-0.1, -0.05) is 18.2 Å². The molecule has 0 saturated heterocycles. The van der Waals surface area contributed by atoms with Gasteiger partial charge in [0.15, 0.2) is 11.6 Å². The Bertz CT molecular complexity index is 821. The molecule has 7 heteroatoms. The number of esters is 1. The zero-order chi connectivity index (χ0) is 18.6. The van der Waals surface area contributed by atoms with Crippen molar-refractivity contribution in [2.24, 2.45) is 29.1 Å². The van der Waals surface area contributed by atoms with Crippen LogP contribution in [0.25, 0.3) is 0 Å². The molecule has 26 heavy (non-hydrogen) atoms. The molecule has 0 heterocycles. The number of allylic oxidation sites excluding steroid dienone is 2. The van der Waals surface area contributed by atoms with Gasteiger partial charge in [-0.15, -0.1) is 0 Å². The number of methoxy groups -OCH3 is 1. The van der Waals surface area contributed by atoms with Crippen LogP contribution in [-0.4, -0.2) is 19.0 Å². The van der Waals surface area contributed by atoms with Gasteiger partial charge in [-0.2, -0.15) is 0 Å². The van der Waals surface area contributed by atoms with Gasteiger partial charge >= 0.3 is 5.97 Å². The topological polar surface area (TPSA) is 55.4 Å². The molecule has 2 saturated carbocycles. The Morgan fingerprint density at radius 1 is 1.19 bits per heavy atom. The molecule has 2 fully saturated rings. The highest BCUT2D eigenvalue weighted by Gasteiger charge is 2.70. The Morgan fingerprint density at radius 3 is 2.46 bits per heavy atom. The summed E-state index contributed by atoms with van der Waals surface area (Å²) in [5.74, 6) is -3.67. The van der Waals surface area contributed by atoms with E-state index in [1.165, 1.54) is 19.2 Å². The van der Waals surface area contributed by atoms with Gasteiger partial charge in [-0.3, -0.25) is 9.59 Å². The van der Waals surface area contributed by atoms with E-state index in [1.54, 1.807) is 0 Å². The van der Waals surface area contributed by atoms with Crippen molar-refractivity contribution in [1.29, 1.82) is 0 Å². The lowest BCUT2D eigenvalue weighted by Crippen LogP contribution is -2.40. The van der Waals surface area contributed by atoms with Gasteiger partial charge in [0, 0.05) is 12.1 Å². The highest BCUT2D eigenvalue weighted by atomic mass is 79.9. The van der Waals surface area contributed by atoms with Crippen LogP contribution in [0.1, 0.15) is 18.4 Å². The zero-order valence-electron chi connectivity index (χ0n) is 14.1. The van der Waals surface area contributed by atoms with E-state index in [9.17, 15) is 18.4 Å². The lowest BCUT2D eigenvalue weighted by Gasteiger charge is -2.25. The van der Waals surface area contributed by atoms with E-state index in [-0.39, 0.29) is 45.7 Å². The Labute approximate surface area is 158 Å². The minimum atomic E-state index is -0.990.